The highest BCUT2D eigenvalue weighted by Crippen LogP contribution is 2.37. The van der Waals surface area contributed by atoms with Crippen LogP contribution in [0.4, 0.5) is 0 Å². The molecule has 25 heavy (non-hydrogen) atoms. The number of fused-ring (bicyclic) bond motifs is 3. The second-order valence-corrected chi connectivity index (χ2v) is 6.81. The summed E-state index contributed by atoms with van der Waals surface area (Å²) in [5.41, 5.74) is 4.43. The number of rotatable bonds is 2. The van der Waals surface area contributed by atoms with Crippen molar-refractivity contribution in [1.29, 1.82) is 0 Å². The average molecular weight is 332 g/mol. The molecule has 1 aromatic heterocycles. The molecule has 2 unspecified atom stereocenters. The number of aromatic nitrogens is 1. The van der Waals surface area contributed by atoms with E-state index in [2.05, 4.69) is 29.7 Å². The third-order valence-corrected chi connectivity index (χ3v) is 5.12. The molecule has 1 fully saturated rings. The van der Waals surface area contributed by atoms with Gasteiger partial charge in [-0.05, 0) is 44.0 Å². The molecule has 0 amide bonds. The van der Waals surface area contributed by atoms with Crippen LogP contribution in [-0.2, 0) is 11.2 Å². The molecule has 1 aromatic carbocycles. The summed E-state index contributed by atoms with van der Waals surface area (Å²) in [5, 5.41) is 0. The van der Waals surface area contributed by atoms with E-state index in [1.165, 1.54) is 17.7 Å². The lowest BCUT2D eigenvalue weighted by Gasteiger charge is -2.44. The molecular weight excluding hydrogens is 308 g/mol. The molecule has 2 aromatic rings. The van der Waals surface area contributed by atoms with Crippen molar-refractivity contribution < 1.29 is 4.74 Å². The van der Waals surface area contributed by atoms with Crippen molar-refractivity contribution in [1.82, 2.24) is 9.88 Å². The first kappa shape index (κ1) is 16.3. The van der Waals surface area contributed by atoms with Crippen molar-refractivity contribution in [2.24, 2.45) is 0 Å². The van der Waals surface area contributed by atoms with Crippen LogP contribution in [0.25, 0.3) is 0 Å². The molecule has 2 aliphatic rings. The Bertz CT molecular complexity index is 789. The molecule has 0 radical (unpaired) electrons. The van der Waals surface area contributed by atoms with Gasteiger partial charge in [-0.25, -0.2) is 0 Å². The van der Waals surface area contributed by atoms with E-state index in [9.17, 15) is 0 Å². The molecular formula is C22H24N2O. The second kappa shape index (κ2) is 7.39. The van der Waals surface area contributed by atoms with Gasteiger partial charge in [-0.3, -0.25) is 9.88 Å². The van der Waals surface area contributed by atoms with Gasteiger partial charge >= 0.3 is 0 Å². The minimum absolute atomic E-state index is 0.148. The lowest BCUT2D eigenvalue weighted by molar-refractivity contribution is -0.0805. The Hall–Kier alpha value is -2.15. The number of hydrogen-bond acceptors (Lipinski definition) is 3. The van der Waals surface area contributed by atoms with Gasteiger partial charge in [0.1, 0.15) is 0 Å². The number of benzene rings is 1. The lowest BCUT2D eigenvalue weighted by Crippen LogP contribution is -2.49. The third kappa shape index (κ3) is 3.46. The van der Waals surface area contributed by atoms with E-state index in [1.54, 1.807) is 0 Å². The molecule has 2 heterocycles. The van der Waals surface area contributed by atoms with Gasteiger partial charge in [-0.2, -0.15) is 0 Å². The summed E-state index contributed by atoms with van der Waals surface area (Å²) in [6.45, 7) is 5.26. The van der Waals surface area contributed by atoms with Gasteiger partial charge in [-0.15, -0.1) is 0 Å². The van der Waals surface area contributed by atoms with Crippen LogP contribution in [0.3, 0.4) is 0 Å². The molecule has 3 heteroatoms. The van der Waals surface area contributed by atoms with E-state index in [4.69, 9.17) is 9.72 Å². The SMILES string of the molecule is CCCN1CCOC2c3cc(C#Cc4ccccc4)cnc3CCC21. The van der Waals surface area contributed by atoms with E-state index in [0.717, 1.165) is 43.7 Å². The van der Waals surface area contributed by atoms with Gasteiger partial charge in [0.25, 0.3) is 0 Å². The summed E-state index contributed by atoms with van der Waals surface area (Å²) in [6, 6.07) is 12.8. The van der Waals surface area contributed by atoms with E-state index >= 15 is 0 Å². The fraction of sp³-hybridized carbons (Fsp3) is 0.409. The standard InChI is InChI=1S/C22H24N2O/c1-2-12-24-13-14-25-22-19-15-18(9-8-17-6-4-3-5-7-17)16-23-20(19)10-11-21(22)24/h3-7,15-16,21-22H,2,10-14H2,1H3. The summed E-state index contributed by atoms with van der Waals surface area (Å²) in [7, 11) is 0. The molecule has 1 saturated heterocycles. The summed E-state index contributed by atoms with van der Waals surface area (Å²) >= 11 is 0. The molecule has 2 atom stereocenters. The zero-order valence-corrected chi connectivity index (χ0v) is 14.7. The molecule has 0 saturated carbocycles. The zero-order chi connectivity index (χ0) is 17.1. The van der Waals surface area contributed by atoms with Gasteiger partial charge < -0.3 is 4.74 Å². The first-order valence-corrected chi connectivity index (χ1v) is 9.26. The number of aryl methyl sites for hydroxylation is 1. The lowest BCUT2D eigenvalue weighted by atomic mass is 9.86. The number of pyridine rings is 1. The van der Waals surface area contributed by atoms with Gasteiger partial charge in [0, 0.05) is 41.2 Å². The minimum Gasteiger partial charge on any atom is -0.370 e. The van der Waals surface area contributed by atoms with Crippen molar-refractivity contribution in [3.05, 3.63) is 65.0 Å². The molecule has 4 rings (SSSR count). The average Bonchev–Trinajstić information content (AvgIpc) is 2.67. The Morgan fingerprint density at radius 3 is 2.88 bits per heavy atom. The molecule has 1 aliphatic carbocycles. The van der Waals surface area contributed by atoms with Gasteiger partial charge in [0.05, 0.1) is 12.7 Å². The van der Waals surface area contributed by atoms with Crippen molar-refractivity contribution in [3.63, 3.8) is 0 Å². The quantitative estimate of drug-likeness (QED) is 0.786. The fourth-order valence-electron chi connectivity index (χ4n) is 3.95. The maximum Gasteiger partial charge on any atom is 0.0998 e. The highest BCUT2D eigenvalue weighted by molar-refractivity contribution is 5.44. The molecule has 128 valence electrons. The van der Waals surface area contributed by atoms with Crippen molar-refractivity contribution in [2.75, 3.05) is 19.7 Å². The Kier molecular flexibility index (Phi) is 4.83. The van der Waals surface area contributed by atoms with Crippen LogP contribution in [0.5, 0.6) is 0 Å². The Morgan fingerprint density at radius 2 is 2.04 bits per heavy atom. The highest BCUT2D eigenvalue weighted by Gasteiger charge is 2.37. The number of nitrogens with zero attached hydrogens (tertiary/aromatic N) is 2. The van der Waals surface area contributed by atoms with Crippen LogP contribution in [-0.4, -0.2) is 35.6 Å². The predicted molar refractivity (Wildman–Crippen MR) is 99.3 cm³/mol. The topological polar surface area (TPSA) is 25.4 Å². The Morgan fingerprint density at radius 1 is 1.20 bits per heavy atom. The smallest absolute Gasteiger partial charge is 0.0998 e. The largest absolute Gasteiger partial charge is 0.370 e. The summed E-state index contributed by atoms with van der Waals surface area (Å²) in [5.74, 6) is 6.49. The second-order valence-electron chi connectivity index (χ2n) is 6.81. The maximum absolute atomic E-state index is 6.17. The zero-order valence-electron chi connectivity index (χ0n) is 14.7. The molecule has 0 N–H and O–H groups in total. The van der Waals surface area contributed by atoms with Gasteiger partial charge in [0.2, 0.25) is 0 Å². The highest BCUT2D eigenvalue weighted by atomic mass is 16.5. The van der Waals surface area contributed by atoms with Crippen LogP contribution in [0, 0.1) is 11.8 Å². The summed E-state index contributed by atoms with van der Waals surface area (Å²) < 4.78 is 6.17. The normalized spacial score (nSPS) is 22.4. The Balaban J connectivity index is 1.62. The fourth-order valence-corrected chi connectivity index (χ4v) is 3.95. The van der Waals surface area contributed by atoms with Crippen LogP contribution in [0.15, 0.2) is 42.6 Å². The first-order valence-electron chi connectivity index (χ1n) is 9.26. The van der Waals surface area contributed by atoms with E-state index < -0.39 is 0 Å². The van der Waals surface area contributed by atoms with E-state index in [-0.39, 0.29) is 6.10 Å². The molecule has 1 aliphatic heterocycles. The molecule has 3 nitrogen and oxygen atoms in total. The van der Waals surface area contributed by atoms with Crippen molar-refractivity contribution in [2.45, 2.75) is 38.3 Å². The predicted octanol–water partition coefficient (Wildman–Crippen LogP) is 3.58. The number of hydrogen-bond donors (Lipinski definition) is 0. The maximum atomic E-state index is 6.17. The van der Waals surface area contributed by atoms with Crippen LogP contribution in [0.1, 0.15) is 48.3 Å². The monoisotopic (exact) mass is 332 g/mol. The van der Waals surface area contributed by atoms with Crippen molar-refractivity contribution in [3.8, 4) is 11.8 Å². The van der Waals surface area contributed by atoms with Gasteiger partial charge in [-0.1, -0.05) is 37.0 Å². The summed E-state index contributed by atoms with van der Waals surface area (Å²) in [4.78, 5) is 7.29. The van der Waals surface area contributed by atoms with Gasteiger partial charge in [0.15, 0.2) is 0 Å². The molecule has 0 spiro atoms. The van der Waals surface area contributed by atoms with Crippen LogP contribution in [0.2, 0.25) is 0 Å². The van der Waals surface area contributed by atoms with Crippen molar-refractivity contribution >= 4 is 0 Å². The Labute approximate surface area is 150 Å². The summed E-state index contributed by atoms with van der Waals surface area (Å²) in [6.07, 6.45) is 5.42. The third-order valence-electron chi connectivity index (χ3n) is 5.12. The van der Waals surface area contributed by atoms with E-state index in [1.807, 2.05) is 36.5 Å². The van der Waals surface area contributed by atoms with Crippen LogP contribution < -0.4 is 0 Å². The number of morpholine rings is 1. The van der Waals surface area contributed by atoms with E-state index in [0.29, 0.717) is 6.04 Å². The molecule has 0 bridgehead atoms. The number of ether oxygens (including phenoxy) is 1. The minimum atomic E-state index is 0.148. The first-order chi connectivity index (χ1) is 12.3. The van der Waals surface area contributed by atoms with Crippen LogP contribution >= 0.6 is 0 Å².